The zero-order chi connectivity index (χ0) is 27.4. The Hall–Kier alpha value is -3.91. The first-order valence-corrected chi connectivity index (χ1v) is 14.4. The van der Waals surface area contributed by atoms with E-state index in [9.17, 15) is 9.59 Å². The topological polar surface area (TPSA) is 91.6 Å². The van der Waals surface area contributed by atoms with Crippen LogP contribution >= 0.6 is 11.6 Å². The lowest BCUT2D eigenvalue weighted by atomic mass is 10.1. The second kappa shape index (κ2) is 9.93. The van der Waals surface area contributed by atoms with Gasteiger partial charge in [-0.1, -0.05) is 23.7 Å². The van der Waals surface area contributed by atoms with E-state index in [1.165, 1.54) is 18.4 Å². The highest BCUT2D eigenvalue weighted by Crippen LogP contribution is 2.48. The first kappa shape index (κ1) is 25.1. The second-order valence-corrected chi connectivity index (χ2v) is 11.8. The van der Waals surface area contributed by atoms with Gasteiger partial charge in [0.05, 0.1) is 17.9 Å². The molecule has 4 heterocycles. The van der Waals surface area contributed by atoms with Crippen molar-refractivity contribution in [3.05, 3.63) is 82.9 Å². The smallest absolute Gasteiger partial charge is 0.229 e. The summed E-state index contributed by atoms with van der Waals surface area (Å²) in [6, 6.07) is 13.8. The van der Waals surface area contributed by atoms with Crippen LogP contribution in [0, 0.1) is 5.92 Å². The molecule has 9 heteroatoms. The van der Waals surface area contributed by atoms with Crippen molar-refractivity contribution in [2.45, 2.75) is 63.5 Å². The number of benzene rings is 1. The minimum atomic E-state index is -0.0743. The highest BCUT2D eigenvalue weighted by molar-refractivity contribution is 6.30. The lowest BCUT2D eigenvalue weighted by Gasteiger charge is -2.23. The van der Waals surface area contributed by atoms with E-state index < -0.39 is 0 Å². The van der Waals surface area contributed by atoms with Crippen molar-refractivity contribution in [1.29, 1.82) is 0 Å². The van der Waals surface area contributed by atoms with Gasteiger partial charge in [-0.2, -0.15) is 0 Å². The van der Waals surface area contributed by atoms with Crippen LogP contribution in [0.3, 0.4) is 0 Å². The number of hydrogen-bond donors (Lipinski definition) is 2. The Morgan fingerprint density at radius 2 is 1.98 bits per heavy atom. The van der Waals surface area contributed by atoms with Gasteiger partial charge in [-0.3, -0.25) is 9.59 Å². The molecule has 1 unspecified atom stereocenters. The minimum Gasteiger partial charge on any atom is -0.379 e. The van der Waals surface area contributed by atoms with Gasteiger partial charge in [0.25, 0.3) is 0 Å². The fourth-order valence-electron chi connectivity index (χ4n) is 5.87. The average Bonchev–Trinajstić information content (AvgIpc) is 3.86. The summed E-state index contributed by atoms with van der Waals surface area (Å²) in [4.78, 5) is 36.8. The fraction of sp³-hybridized carbons (Fsp3) is 0.355. The number of aromatic nitrogens is 3. The molecule has 2 amide bonds. The second-order valence-electron chi connectivity index (χ2n) is 11.3. The molecular weight excluding hydrogens is 524 g/mol. The minimum absolute atomic E-state index is 0.0281. The largest absolute Gasteiger partial charge is 0.379 e. The van der Waals surface area contributed by atoms with Gasteiger partial charge in [-0.05, 0) is 79.8 Å². The maximum absolute atomic E-state index is 12.9. The standard InChI is InChI=1S/C31H31ClN6O2/c1-18-5-8-29(39)38(18)27-12-21(19-6-7-19)16-37-17-24(35-30(27)37)15-34-23-9-10-33-28(13-23)36-31(40)26-14-25(26)20-3-2-4-22(32)11-20/h2-4,9-13,16-19,25-26H,5-8,14-15H2,1H3,(H2,33,34,36,40)/t18?,25-,26+/m1/s1. The van der Waals surface area contributed by atoms with Crippen LogP contribution in [-0.2, 0) is 16.1 Å². The number of nitrogens with one attached hydrogen (secondary N) is 2. The van der Waals surface area contributed by atoms with Crippen molar-refractivity contribution in [3.63, 3.8) is 0 Å². The third-order valence-corrected chi connectivity index (χ3v) is 8.52. The number of pyridine rings is 2. The number of fused-ring (bicyclic) bond motifs is 1. The Morgan fingerprint density at radius 3 is 2.75 bits per heavy atom. The number of hydrogen-bond acceptors (Lipinski definition) is 5. The van der Waals surface area contributed by atoms with Crippen LogP contribution in [0.15, 0.2) is 61.1 Å². The quantitative estimate of drug-likeness (QED) is 0.273. The summed E-state index contributed by atoms with van der Waals surface area (Å²) in [5.74, 6) is 1.34. The predicted molar refractivity (Wildman–Crippen MR) is 156 cm³/mol. The zero-order valence-corrected chi connectivity index (χ0v) is 23.1. The fourth-order valence-corrected chi connectivity index (χ4v) is 6.06. The number of anilines is 3. The van der Waals surface area contributed by atoms with Gasteiger partial charge in [-0.15, -0.1) is 0 Å². The SMILES string of the molecule is CC1CCC(=O)N1c1cc(C2CC2)cn2cc(CNc3ccnc(NC(=O)[C@H]4C[C@@H]4c4cccc(Cl)c4)c3)nc12. The van der Waals surface area contributed by atoms with Crippen LogP contribution in [0.1, 0.15) is 67.7 Å². The van der Waals surface area contributed by atoms with E-state index in [2.05, 4.69) is 39.2 Å². The molecule has 2 aliphatic carbocycles. The third kappa shape index (κ3) is 4.92. The van der Waals surface area contributed by atoms with Crippen LogP contribution in [-0.4, -0.2) is 32.2 Å². The summed E-state index contributed by atoms with van der Waals surface area (Å²) in [6.45, 7) is 2.61. The highest BCUT2D eigenvalue weighted by Gasteiger charge is 2.44. The Balaban J connectivity index is 1.05. The molecular formula is C31H31ClN6O2. The Bertz CT molecular complexity index is 1630. The van der Waals surface area contributed by atoms with Gasteiger partial charge in [0.2, 0.25) is 11.8 Å². The van der Waals surface area contributed by atoms with E-state index in [4.69, 9.17) is 16.6 Å². The molecule has 3 aliphatic rings. The van der Waals surface area contributed by atoms with E-state index >= 15 is 0 Å². The third-order valence-electron chi connectivity index (χ3n) is 8.29. The number of halogens is 1. The monoisotopic (exact) mass is 554 g/mol. The highest BCUT2D eigenvalue weighted by atomic mass is 35.5. The molecule has 3 aromatic heterocycles. The molecule has 0 bridgehead atoms. The Labute approximate surface area is 237 Å². The number of amides is 2. The molecule has 2 N–H and O–H groups in total. The van der Waals surface area contributed by atoms with Crippen molar-refractivity contribution >= 4 is 46.3 Å². The average molecular weight is 555 g/mol. The molecule has 40 heavy (non-hydrogen) atoms. The number of imidazole rings is 1. The van der Waals surface area contributed by atoms with Crippen LogP contribution in [0.2, 0.25) is 5.02 Å². The number of rotatable bonds is 8. The zero-order valence-electron chi connectivity index (χ0n) is 22.3. The lowest BCUT2D eigenvalue weighted by molar-refractivity contribution is -0.118. The van der Waals surface area contributed by atoms with E-state index in [0.717, 1.165) is 41.1 Å². The molecule has 3 fully saturated rings. The van der Waals surface area contributed by atoms with Crippen molar-refractivity contribution in [2.24, 2.45) is 5.92 Å². The van der Waals surface area contributed by atoms with E-state index in [-0.39, 0.29) is 29.7 Å². The maximum Gasteiger partial charge on any atom is 0.229 e. The molecule has 2 saturated carbocycles. The molecule has 4 aromatic rings. The predicted octanol–water partition coefficient (Wildman–Crippen LogP) is 6.13. The van der Waals surface area contributed by atoms with Crippen molar-refractivity contribution in [3.8, 4) is 0 Å². The Morgan fingerprint density at radius 1 is 1.10 bits per heavy atom. The summed E-state index contributed by atoms with van der Waals surface area (Å²) in [5, 5.41) is 7.07. The van der Waals surface area contributed by atoms with E-state index in [1.807, 2.05) is 47.5 Å². The molecule has 1 aliphatic heterocycles. The van der Waals surface area contributed by atoms with Crippen LogP contribution in [0.5, 0.6) is 0 Å². The normalized spacial score (nSPS) is 22.1. The van der Waals surface area contributed by atoms with Gasteiger partial charge < -0.3 is 19.9 Å². The van der Waals surface area contributed by atoms with E-state index in [0.29, 0.717) is 29.7 Å². The molecule has 0 spiro atoms. The van der Waals surface area contributed by atoms with E-state index in [1.54, 1.807) is 6.20 Å². The Kier molecular flexibility index (Phi) is 6.23. The number of carbonyl (C=O) groups excluding carboxylic acids is 2. The molecule has 1 saturated heterocycles. The molecule has 8 nitrogen and oxygen atoms in total. The van der Waals surface area contributed by atoms with Gasteiger partial charge in [0.1, 0.15) is 5.82 Å². The van der Waals surface area contributed by atoms with Gasteiger partial charge >= 0.3 is 0 Å². The van der Waals surface area contributed by atoms with Gasteiger partial charge in [-0.25, -0.2) is 9.97 Å². The molecule has 0 radical (unpaired) electrons. The van der Waals surface area contributed by atoms with Crippen molar-refractivity contribution < 1.29 is 9.59 Å². The molecule has 3 atom stereocenters. The van der Waals surface area contributed by atoms with Crippen molar-refractivity contribution in [1.82, 2.24) is 14.4 Å². The first-order chi connectivity index (χ1) is 19.4. The van der Waals surface area contributed by atoms with Gasteiger partial charge in [0, 0.05) is 53.7 Å². The van der Waals surface area contributed by atoms with Crippen LogP contribution in [0.25, 0.3) is 5.65 Å². The maximum atomic E-state index is 12.9. The van der Waals surface area contributed by atoms with Crippen LogP contribution < -0.4 is 15.5 Å². The molecule has 7 rings (SSSR count). The molecule has 1 aromatic carbocycles. The summed E-state index contributed by atoms with van der Waals surface area (Å²) >= 11 is 6.12. The summed E-state index contributed by atoms with van der Waals surface area (Å²) in [6.07, 6.45) is 10.5. The summed E-state index contributed by atoms with van der Waals surface area (Å²) < 4.78 is 2.07. The lowest BCUT2D eigenvalue weighted by Crippen LogP contribution is -2.31. The first-order valence-electron chi connectivity index (χ1n) is 14.0. The van der Waals surface area contributed by atoms with Crippen molar-refractivity contribution in [2.75, 3.05) is 15.5 Å². The number of carbonyl (C=O) groups is 2. The number of nitrogens with zero attached hydrogens (tertiary/aromatic N) is 4. The summed E-state index contributed by atoms with van der Waals surface area (Å²) in [5.41, 5.74) is 5.80. The summed E-state index contributed by atoms with van der Waals surface area (Å²) in [7, 11) is 0. The molecule has 204 valence electrons. The van der Waals surface area contributed by atoms with Crippen LogP contribution in [0.4, 0.5) is 17.2 Å². The van der Waals surface area contributed by atoms with Gasteiger partial charge in [0.15, 0.2) is 5.65 Å².